The molecule has 0 unspecified atom stereocenters. The van der Waals surface area contributed by atoms with Gasteiger partial charge in [0, 0.05) is 7.05 Å². The lowest BCUT2D eigenvalue weighted by atomic mass is 10.3. The van der Waals surface area contributed by atoms with E-state index >= 15 is 0 Å². The number of para-hydroxylation sites is 1. The number of benzene rings is 1. The summed E-state index contributed by atoms with van der Waals surface area (Å²) in [6, 6.07) is 9.80. The van der Waals surface area contributed by atoms with Gasteiger partial charge in [0.1, 0.15) is 0 Å². The highest BCUT2D eigenvalue weighted by Gasteiger charge is 1.88. The summed E-state index contributed by atoms with van der Waals surface area (Å²) in [5.74, 6) is 5.45. The summed E-state index contributed by atoms with van der Waals surface area (Å²) in [6.45, 7) is 0. The molecule has 1 aromatic carbocycles. The Morgan fingerprint density at radius 2 is 1.55 bits per heavy atom. The molecule has 0 radical (unpaired) electrons. The third-order valence-electron chi connectivity index (χ3n) is 1.16. The summed E-state index contributed by atoms with van der Waals surface area (Å²) >= 11 is 0. The van der Waals surface area contributed by atoms with E-state index in [0.29, 0.717) is 0 Å². The molecule has 0 spiro atoms. The molecule has 0 amide bonds. The van der Waals surface area contributed by atoms with E-state index in [1.807, 2.05) is 37.4 Å². The van der Waals surface area contributed by atoms with Crippen LogP contribution in [0, 0.1) is 0 Å². The molecule has 0 atom stereocenters. The second-order valence-electron chi connectivity index (χ2n) is 1.95. The fourth-order valence-electron chi connectivity index (χ4n) is 0.663. The Hall–Kier alpha value is -0.440. The predicted molar refractivity (Wildman–Crippen MR) is 53.5 cm³/mol. The van der Waals surface area contributed by atoms with Crippen LogP contribution in [-0.2, 0) is 0 Å². The Balaban J connectivity index is 0. The minimum atomic E-state index is 0. The van der Waals surface area contributed by atoms with E-state index in [-0.39, 0.29) is 24.8 Å². The van der Waals surface area contributed by atoms with Crippen molar-refractivity contribution < 1.29 is 0 Å². The molecule has 2 nitrogen and oxygen atoms in total. The Bertz CT molecular complexity index is 177. The van der Waals surface area contributed by atoms with Crippen molar-refractivity contribution in [3.63, 3.8) is 0 Å². The van der Waals surface area contributed by atoms with Crippen LogP contribution in [-0.4, -0.2) is 7.05 Å². The van der Waals surface area contributed by atoms with Crippen molar-refractivity contribution in [3.05, 3.63) is 30.3 Å². The SMILES string of the molecule is CN(N)c1ccccc1.Cl.Cl. The number of hydrazine groups is 1. The molecule has 0 aliphatic carbocycles. The number of rotatable bonds is 1. The number of halogens is 2. The zero-order valence-corrected chi connectivity index (χ0v) is 7.86. The maximum absolute atomic E-state index is 5.45. The first kappa shape index (κ1) is 13.2. The maximum Gasteiger partial charge on any atom is 0.0513 e. The smallest absolute Gasteiger partial charge is 0.0513 e. The summed E-state index contributed by atoms with van der Waals surface area (Å²) in [5.41, 5.74) is 1.03. The van der Waals surface area contributed by atoms with Crippen LogP contribution in [0.1, 0.15) is 0 Å². The highest BCUT2D eigenvalue weighted by atomic mass is 35.5. The lowest BCUT2D eigenvalue weighted by Gasteiger charge is -2.09. The van der Waals surface area contributed by atoms with Gasteiger partial charge >= 0.3 is 0 Å². The molecule has 1 aromatic rings. The van der Waals surface area contributed by atoms with Gasteiger partial charge in [0.15, 0.2) is 0 Å². The molecule has 64 valence electrons. The van der Waals surface area contributed by atoms with Crippen molar-refractivity contribution in [2.75, 3.05) is 12.1 Å². The first-order chi connectivity index (χ1) is 4.30. The highest BCUT2D eigenvalue weighted by Crippen LogP contribution is 2.05. The van der Waals surface area contributed by atoms with Crippen molar-refractivity contribution in [2.24, 2.45) is 5.84 Å². The summed E-state index contributed by atoms with van der Waals surface area (Å²) in [5, 5.41) is 1.58. The molecule has 0 aromatic heterocycles. The zero-order chi connectivity index (χ0) is 6.69. The molecule has 0 saturated carbocycles. The fraction of sp³-hybridized carbons (Fsp3) is 0.143. The van der Waals surface area contributed by atoms with E-state index in [9.17, 15) is 0 Å². The largest absolute Gasteiger partial charge is 0.314 e. The van der Waals surface area contributed by atoms with E-state index in [4.69, 9.17) is 5.84 Å². The van der Waals surface area contributed by atoms with Gasteiger partial charge < -0.3 is 5.01 Å². The zero-order valence-electron chi connectivity index (χ0n) is 6.23. The van der Waals surface area contributed by atoms with Crippen molar-refractivity contribution in [2.45, 2.75) is 0 Å². The monoisotopic (exact) mass is 194 g/mol. The van der Waals surface area contributed by atoms with Gasteiger partial charge in [-0.3, -0.25) is 0 Å². The normalized spacial score (nSPS) is 7.45. The number of nitrogens with two attached hydrogens (primary N) is 1. The van der Waals surface area contributed by atoms with Gasteiger partial charge in [-0.25, -0.2) is 5.84 Å². The van der Waals surface area contributed by atoms with E-state index < -0.39 is 0 Å². The topological polar surface area (TPSA) is 29.3 Å². The molecule has 0 saturated heterocycles. The quantitative estimate of drug-likeness (QED) is 0.547. The lowest BCUT2D eigenvalue weighted by molar-refractivity contribution is 1.02. The third-order valence-corrected chi connectivity index (χ3v) is 1.16. The molecular weight excluding hydrogens is 183 g/mol. The van der Waals surface area contributed by atoms with Crippen LogP contribution in [0.2, 0.25) is 0 Å². The number of anilines is 1. The molecule has 2 N–H and O–H groups in total. The molecule has 0 heterocycles. The average Bonchev–Trinajstić information content (AvgIpc) is 1.90. The third kappa shape index (κ3) is 4.09. The van der Waals surface area contributed by atoms with Crippen LogP contribution < -0.4 is 10.9 Å². The Morgan fingerprint density at radius 1 is 1.09 bits per heavy atom. The van der Waals surface area contributed by atoms with Crippen LogP contribution in [0.3, 0.4) is 0 Å². The Kier molecular flexibility index (Phi) is 7.52. The van der Waals surface area contributed by atoms with Gasteiger partial charge in [0.2, 0.25) is 0 Å². The van der Waals surface area contributed by atoms with Gasteiger partial charge in [-0.05, 0) is 12.1 Å². The van der Waals surface area contributed by atoms with Crippen LogP contribution in [0.5, 0.6) is 0 Å². The minimum absolute atomic E-state index is 0. The predicted octanol–water partition coefficient (Wildman–Crippen LogP) is 1.84. The first-order valence-corrected chi connectivity index (χ1v) is 2.84. The van der Waals surface area contributed by atoms with Gasteiger partial charge in [-0.2, -0.15) is 0 Å². The molecule has 1 rings (SSSR count). The number of nitrogens with zero attached hydrogens (tertiary/aromatic N) is 1. The summed E-state index contributed by atoms with van der Waals surface area (Å²) < 4.78 is 0. The molecule has 0 bridgehead atoms. The Morgan fingerprint density at radius 3 is 1.82 bits per heavy atom. The van der Waals surface area contributed by atoms with Gasteiger partial charge in [-0.1, -0.05) is 18.2 Å². The molecule has 0 fully saturated rings. The second-order valence-corrected chi connectivity index (χ2v) is 1.95. The van der Waals surface area contributed by atoms with Gasteiger partial charge in [0.25, 0.3) is 0 Å². The van der Waals surface area contributed by atoms with Gasteiger partial charge in [-0.15, -0.1) is 24.8 Å². The average molecular weight is 195 g/mol. The van der Waals surface area contributed by atoms with Crippen LogP contribution >= 0.6 is 24.8 Å². The molecule has 4 heteroatoms. The van der Waals surface area contributed by atoms with Gasteiger partial charge in [0.05, 0.1) is 5.69 Å². The van der Waals surface area contributed by atoms with Crippen molar-refractivity contribution in [3.8, 4) is 0 Å². The molecular formula is C7H12Cl2N2. The van der Waals surface area contributed by atoms with Crippen molar-refractivity contribution in [1.82, 2.24) is 0 Å². The standard InChI is InChI=1S/C7H10N2.2ClH/c1-9(8)7-5-3-2-4-6-7;;/h2-6H,8H2,1H3;2*1H. The summed E-state index contributed by atoms with van der Waals surface area (Å²) in [6.07, 6.45) is 0. The molecule has 0 aliphatic rings. The maximum atomic E-state index is 5.45. The Labute approximate surface area is 79.2 Å². The van der Waals surface area contributed by atoms with E-state index in [1.165, 1.54) is 0 Å². The highest BCUT2D eigenvalue weighted by molar-refractivity contribution is 5.85. The molecule has 0 aliphatic heterocycles. The van der Waals surface area contributed by atoms with Crippen LogP contribution in [0.4, 0.5) is 5.69 Å². The minimum Gasteiger partial charge on any atom is -0.314 e. The van der Waals surface area contributed by atoms with Crippen molar-refractivity contribution in [1.29, 1.82) is 0 Å². The van der Waals surface area contributed by atoms with E-state index in [0.717, 1.165) is 5.69 Å². The van der Waals surface area contributed by atoms with E-state index in [1.54, 1.807) is 5.01 Å². The number of hydrogen-bond donors (Lipinski definition) is 1. The lowest BCUT2D eigenvalue weighted by Crippen LogP contribution is -2.24. The van der Waals surface area contributed by atoms with Crippen LogP contribution in [0.25, 0.3) is 0 Å². The first-order valence-electron chi connectivity index (χ1n) is 2.84. The van der Waals surface area contributed by atoms with Crippen molar-refractivity contribution >= 4 is 30.5 Å². The van der Waals surface area contributed by atoms with E-state index in [2.05, 4.69) is 0 Å². The molecule has 11 heavy (non-hydrogen) atoms. The second kappa shape index (κ2) is 6.28. The number of hydrogen-bond acceptors (Lipinski definition) is 2. The summed E-state index contributed by atoms with van der Waals surface area (Å²) in [7, 11) is 1.81. The fourth-order valence-corrected chi connectivity index (χ4v) is 0.663. The van der Waals surface area contributed by atoms with Crippen LogP contribution in [0.15, 0.2) is 30.3 Å². The summed E-state index contributed by atoms with van der Waals surface area (Å²) in [4.78, 5) is 0.